The number of benzene rings is 1. The van der Waals surface area contributed by atoms with Gasteiger partial charge in [-0.25, -0.2) is 0 Å². The van der Waals surface area contributed by atoms with Crippen molar-refractivity contribution in [1.82, 2.24) is 0 Å². The SMILES string of the molecule is CCC(C)(C)OC(=O)CCOc1ccc(C(=O)C(=O)[O-])cc1. The molecular formula is C16H19O6-. The maximum atomic E-state index is 11.6. The average molecular weight is 307 g/mol. The molecule has 0 aliphatic carbocycles. The van der Waals surface area contributed by atoms with Crippen molar-refractivity contribution in [3.63, 3.8) is 0 Å². The van der Waals surface area contributed by atoms with Crippen LogP contribution in [0.15, 0.2) is 24.3 Å². The van der Waals surface area contributed by atoms with Crippen LogP contribution in [0.1, 0.15) is 44.0 Å². The standard InChI is InChI=1S/C16H20O6/c1-4-16(2,3)22-13(17)9-10-21-12-7-5-11(6-8-12)14(18)15(19)20/h5-8H,4,9-10H2,1-3H3,(H,19,20)/p-1. The first-order valence-electron chi connectivity index (χ1n) is 6.95. The first kappa shape index (κ1) is 17.7. The van der Waals surface area contributed by atoms with Gasteiger partial charge in [-0.1, -0.05) is 6.92 Å². The summed E-state index contributed by atoms with van der Waals surface area (Å²) in [6, 6.07) is 5.56. The Bertz CT molecular complexity index is 544. The van der Waals surface area contributed by atoms with Crippen molar-refractivity contribution in [3.05, 3.63) is 29.8 Å². The summed E-state index contributed by atoms with van der Waals surface area (Å²) in [7, 11) is 0. The zero-order valence-electron chi connectivity index (χ0n) is 12.9. The molecule has 0 aliphatic rings. The summed E-state index contributed by atoms with van der Waals surface area (Å²) in [5.74, 6) is -2.76. The van der Waals surface area contributed by atoms with E-state index in [2.05, 4.69) is 0 Å². The first-order chi connectivity index (χ1) is 10.2. The molecular weight excluding hydrogens is 288 g/mol. The van der Waals surface area contributed by atoms with E-state index in [1.54, 1.807) is 0 Å². The van der Waals surface area contributed by atoms with Crippen molar-refractivity contribution in [2.75, 3.05) is 6.61 Å². The fourth-order valence-corrected chi connectivity index (χ4v) is 1.50. The van der Waals surface area contributed by atoms with Crippen LogP contribution in [0.2, 0.25) is 0 Å². The number of esters is 1. The smallest absolute Gasteiger partial charge is 0.309 e. The number of ketones is 1. The van der Waals surface area contributed by atoms with Gasteiger partial charge in [0.05, 0.1) is 13.0 Å². The van der Waals surface area contributed by atoms with Crippen LogP contribution in [-0.4, -0.2) is 29.9 Å². The number of hydrogen-bond acceptors (Lipinski definition) is 6. The maximum Gasteiger partial charge on any atom is 0.309 e. The van der Waals surface area contributed by atoms with Gasteiger partial charge < -0.3 is 19.4 Å². The molecule has 0 saturated heterocycles. The summed E-state index contributed by atoms with van der Waals surface area (Å²) >= 11 is 0. The quantitative estimate of drug-likeness (QED) is 0.406. The molecule has 0 heterocycles. The fraction of sp³-hybridized carbons (Fsp3) is 0.438. The third kappa shape index (κ3) is 5.55. The molecule has 0 atom stereocenters. The number of Topliss-reactive ketones (excluding diaryl/α,β-unsaturated/α-hetero) is 1. The predicted octanol–water partition coefficient (Wildman–Crippen LogP) is 1.12. The molecule has 6 heteroatoms. The normalized spacial score (nSPS) is 10.9. The molecule has 0 spiro atoms. The number of hydrogen-bond donors (Lipinski definition) is 0. The molecule has 120 valence electrons. The van der Waals surface area contributed by atoms with Crippen molar-refractivity contribution in [1.29, 1.82) is 0 Å². The van der Waals surface area contributed by atoms with Crippen LogP contribution in [0.3, 0.4) is 0 Å². The number of rotatable bonds is 8. The van der Waals surface area contributed by atoms with Crippen LogP contribution in [0, 0.1) is 0 Å². The molecule has 0 N–H and O–H groups in total. The van der Waals surface area contributed by atoms with Crippen molar-refractivity contribution >= 4 is 17.7 Å². The van der Waals surface area contributed by atoms with Gasteiger partial charge in [0.2, 0.25) is 5.78 Å². The van der Waals surface area contributed by atoms with Crippen molar-refractivity contribution in [3.8, 4) is 5.75 Å². The van der Waals surface area contributed by atoms with E-state index in [-0.39, 0.29) is 24.6 Å². The zero-order valence-corrected chi connectivity index (χ0v) is 12.9. The minimum Gasteiger partial charge on any atom is -0.541 e. The van der Waals surface area contributed by atoms with Crippen LogP contribution in [-0.2, 0) is 14.3 Å². The molecule has 0 aliphatic heterocycles. The molecule has 1 rings (SSSR count). The second-order valence-electron chi connectivity index (χ2n) is 5.33. The Morgan fingerprint density at radius 3 is 2.23 bits per heavy atom. The molecule has 0 fully saturated rings. The lowest BCUT2D eigenvalue weighted by atomic mass is 10.1. The van der Waals surface area contributed by atoms with E-state index in [4.69, 9.17) is 9.47 Å². The van der Waals surface area contributed by atoms with Gasteiger partial charge in [0.15, 0.2) is 0 Å². The number of ether oxygens (including phenoxy) is 2. The molecule has 0 amide bonds. The van der Waals surface area contributed by atoms with Gasteiger partial charge in [0.1, 0.15) is 17.3 Å². The maximum absolute atomic E-state index is 11.6. The third-order valence-corrected chi connectivity index (χ3v) is 3.12. The highest BCUT2D eigenvalue weighted by Crippen LogP contribution is 2.16. The van der Waals surface area contributed by atoms with Gasteiger partial charge in [0, 0.05) is 5.56 Å². The molecule has 1 aromatic carbocycles. The number of carboxylic acid groups (broad SMARTS) is 1. The van der Waals surface area contributed by atoms with Crippen molar-refractivity contribution < 1.29 is 29.0 Å². The number of carbonyl (C=O) groups excluding carboxylic acids is 3. The zero-order chi connectivity index (χ0) is 16.8. The third-order valence-electron chi connectivity index (χ3n) is 3.12. The molecule has 0 aromatic heterocycles. The van der Waals surface area contributed by atoms with Crippen LogP contribution in [0.5, 0.6) is 5.75 Å². The Morgan fingerprint density at radius 2 is 1.73 bits per heavy atom. The number of carbonyl (C=O) groups is 3. The highest BCUT2D eigenvalue weighted by molar-refractivity contribution is 6.38. The van der Waals surface area contributed by atoms with Crippen LogP contribution in [0.25, 0.3) is 0 Å². The summed E-state index contributed by atoms with van der Waals surface area (Å²) in [6.07, 6.45) is 0.816. The number of carboxylic acids is 1. The first-order valence-corrected chi connectivity index (χ1v) is 6.95. The fourth-order valence-electron chi connectivity index (χ4n) is 1.50. The van der Waals surface area contributed by atoms with Crippen LogP contribution >= 0.6 is 0 Å². The Balaban J connectivity index is 2.44. The second-order valence-corrected chi connectivity index (χ2v) is 5.33. The lowest BCUT2D eigenvalue weighted by Crippen LogP contribution is -2.31. The Kier molecular flexibility index (Phi) is 6.10. The minimum atomic E-state index is -1.75. The van der Waals surface area contributed by atoms with E-state index >= 15 is 0 Å². The van der Waals surface area contributed by atoms with E-state index in [9.17, 15) is 19.5 Å². The van der Waals surface area contributed by atoms with E-state index in [0.717, 1.165) is 0 Å². The molecule has 6 nitrogen and oxygen atoms in total. The Morgan fingerprint density at radius 1 is 1.14 bits per heavy atom. The van der Waals surface area contributed by atoms with Gasteiger partial charge in [-0.3, -0.25) is 9.59 Å². The highest BCUT2D eigenvalue weighted by atomic mass is 16.6. The lowest BCUT2D eigenvalue weighted by molar-refractivity contribution is -0.296. The average Bonchev–Trinajstić information content (AvgIpc) is 2.46. The molecule has 0 radical (unpaired) electrons. The predicted molar refractivity (Wildman–Crippen MR) is 76.4 cm³/mol. The van der Waals surface area contributed by atoms with E-state index < -0.39 is 17.4 Å². The summed E-state index contributed by atoms with van der Waals surface area (Å²) in [5.41, 5.74) is -0.485. The summed E-state index contributed by atoms with van der Waals surface area (Å²) in [4.78, 5) is 33.2. The Hall–Kier alpha value is -2.37. The monoisotopic (exact) mass is 307 g/mol. The van der Waals surface area contributed by atoms with Crippen molar-refractivity contribution in [2.24, 2.45) is 0 Å². The highest BCUT2D eigenvalue weighted by Gasteiger charge is 2.20. The minimum absolute atomic E-state index is 0.0106. The summed E-state index contributed by atoms with van der Waals surface area (Å²) < 4.78 is 10.6. The molecule has 1 aromatic rings. The number of aliphatic carboxylic acids is 1. The van der Waals surface area contributed by atoms with Gasteiger partial charge in [-0.2, -0.15) is 0 Å². The van der Waals surface area contributed by atoms with Crippen molar-refractivity contribution in [2.45, 2.75) is 39.2 Å². The van der Waals surface area contributed by atoms with Crippen LogP contribution < -0.4 is 9.84 Å². The molecule has 0 saturated carbocycles. The van der Waals surface area contributed by atoms with Crippen LogP contribution in [0.4, 0.5) is 0 Å². The van der Waals surface area contributed by atoms with Gasteiger partial charge in [0.25, 0.3) is 0 Å². The molecule has 22 heavy (non-hydrogen) atoms. The summed E-state index contributed by atoms with van der Waals surface area (Å²) in [5, 5.41) is 10.4. The lowest BCUT2D eigenvalue weighted by Gasteiger charge is -2.23. The van der Waals surface area contributed by atoms with E-state index in [0.29, 0.717) is 12.2 Å². The topological polar surface area (TPSA) is 92.7 Å². The van der Waals surface area contributed by atoms with Gasteiger partial charge in [-0.05, 0) is 44.5 Å². The van der Waals surface area contributed by atoms with E-state index in [1.165, 1.54) is 24.3 Å². The largest absolute Gasteiger partial charge is 0.541 e. The Labute approximate surface area is 129 Å². The molecule has 0 unspecified atom stereocenters. The van der Waals surface area contributed by atoms with Gasteiger partial charge >= 0.3 is 5.97 Å². The molecule has 0 bridgehead atoms. The second kappa shape index (κ2) is 7.59. The summed E-state index contributed by atoms with van der Waals surface area (Å²) in [6.45, 7) is 5.73. The van der Waals surface area contributed by atoms with E-state index in [1.807, 2.05) is 20.8 Å². The van der Waals surface area contributed by atoms with Gasteiger partial charge in [-0.15, -0.1) is 0 Å².